The Balaban J connectivity index is 2.01. The number of carboxylic acids is 1. The van der Waals surface area contributed by atoms with Crippen LogP contribution < -0.4 is 4.90 Å². The van der Waals surface area contributed by atoms with Crippen LogP contribution in [0.4, 0.5) is 5.69 Å². The predicted molar refractivity (Wildman–Crippen MR) is 71.2 cm³/mol. The average Bonchev–Trinajstić information content (AvgIpc) is 2.46. The van der Waals surface area contributed by atoms with Gasteiger partial charge in [-0.1, -0.05) is 18.2 Å². The van der Waals surface area contributed by atoms with Gasteiger partial charge in [0.15, 0.2) is 0 Å². The van der Waals surface area contributed by atoms with Gasteiger partial charge >= 0.3 is 5.97 Å². The number of carboxylic acid groups (broad SMARTS) is 1. The van der Waals surface area contributed by atoms with Gasteiger partial charge in [0.05, 0.1) is 13.2 Å². The van der Waals surface area contributed by atoms with E-state index in [4.69, 9.17) is 9.84 Å². The van der Waals surface area contributed by atoms with E-state index in [1.54, 1.807) is 0 Å². The van der Waals surface area contributed by atoms with Crippen molar-refractivity contribution >= 4 is 23.5 Å². The van der Waals surface area contributed by atoms with E-state index in [1.807, 2.05) is 24.3 Å². The van der Waals surface area contributed by atoms with Gasteiger partial charge in [-0.25, -0.2) is 4.79 Å². The Morgan fingerprint density at radius 3 is 2.37 bits per heavy atom. The zero-order chi connectivity index (χ0) is 13.7. The minimum atomic E-state index is -1.44. The maximum Gasteiger partial charge on any atom is 0.376 e. The van der Waals surface area contributed by atoms with E-state index in [9.17, 15) is 9.59 Å². The second-order valence-electron chi connectivity index (χ2n) is 4.19. The zero-order valence-corrected chi connectivity index (χ0v) is 10.4. The van der Waals surface area contributed by atoms with Crippen molar-refractivity contribution in [2.75, 3.05) is 31.2 Å². The molecule has 1 fully saturated rings. The van der Waals surface area contributed by atoms with Crippen LogP contribution in [0.15, 0.2) is 30.3 Å². The van der Waals surface area contributed by atoms with Gasteiger partial charge in [0.2, 0.25) is 0 Å². The number of rotatable bonds is 4. The Bertz CT molecular complexity index is 487. The summed E-state index contributed by atoms with van der Waals surface area (Å²) in [6.45, 7) is 3.20. The molecule has 100 valence electrons. The third kappa shape index (κ3) is 3.66. The summed E-state index contributed by atoms with van der Waals surface area (Å²) in [6.07, 6.45) is 2.56. The summed E-state index contributed by atoms with van der Waals surface area (Å²) >= 11 is 0. The fourth-order valence-electron chi connectivity index (χ4n) is 1.86. The molecular formula is C14H15NO4. The van der Waals surface area contributed by atoms with Crippen LogP contribution in [0.3, 0.4) is 0 Å². The number of ether oxygens (including phenoxy) is 1. The number of benzene rings is 1. The molecule has 1 aliphatic heterocycles. The summed E-state index contributed by atoms with van der Waals surface area (Å²) < 4.78 is 5.29. The van der Waals surface area contributed by atoms with Crippen LogP contribution in [0.25, 0.3) is 6.08 Å². The summed E-state index contributed by atoms with van der Waals surface area (Å²) in [7, 11) is 0. The summed E-state index contributed by atoms with van der Waals surface area (Å²) in [5, 5.41) is 8.46. The van der Waals surface area contributed by atoms with Crippen molar-refractivity contribution in [3.8, 4) is 0 Å². The Labute approximate surface area is 111 Å². The molecule has 0 saturated carbocycles. The maximum absolute atomic E-state index is 10.9. The van der Waals surface area contributed by atoms with Crippen LogP contribution >= 0.6 is 0 Å². The van der Waals surface area contributed by atoms with Gasteiger partial charge in [-0.15, -0.1) is 0 Å². The van der Waals surface area contributed by atoms with Crippen molar-refractivity contribution in [1.29, 1.82) is 0 Å². The van der Waals surface area contributed by atoms with Gasteiger partial charge < -0.3 is 14.7 Å². The number of hydrogen-bond donors (Lipinski definition) is 1. The number of aliphatic carboxylic acids is 1. The Hall–Kier alpha value is -2.14. The average molecular weight is 261 g/mol. The van der Waals surface area contributed by atoms with Gasteiger partial charge in [0, 0.05) is 18.8 Å². The second-order valence-corrected chi connectivity index (χ2v) is 4.19. The molecule has 5 nitrogen and oxygen atoms in total. The third-order valence-electron chi connectivity index (χ3n) is 2.91. The number of carbonyl (C=O) groups is 2. The molecule has 1 saturated heterocycles. The molecule has 0 amide bonds. The first kappa shape index (κ1) is 13.3. The molecule has 1 aromatic carbocycles. The lowest BCUT2D eigenvalue weighted by Crippen LogP contribution is -2.36. The number of nitrogens with zero attached hydrogens (tertiary/aromatic N) is 1. The quantitative estimate of drug-likeness (QED) is 0.651. The molecule has 5 heteroatoms. The SMILES string of the molecule is O=C(O)C(=O)C=Cc1ccc(N2CCOCC2)cc1. The van der Waals surface area contributed by atoms with E-state index in [2.05, 4.69) is 4.90 Å². The fraction of sp³-hybridized carbons (Fsp3) is 0.286. The van der Waals surface area contributed by atoms with Crippen LogP contribution in [0, 0.1) is 0 Å². The number of morpholine rings is 1. The molecule has 0 radical (unpaired) electrons. The zero-order valence-electron chi connectivity index (χ0n) is 10.4. The van der Waals surface area contributed by atoms with E-state index >= 15 is 0 Å². The normalized spacial score (nSPS) is 15.7. The summed E-state index contributed by atoms with van der Waals surface area (Å²) in [5.74, 6) is -2.36. The molecule has 0 atom stereocenters. The van der Waals surface area contributed by atoms with Crippen LogP contribution in [-0.2, 0) is 14.3 Å². The molecule has 0 bridgehead atoms. The lowest BCUT2D eigenvalue weighted by Gasteiger charge is -2.28. The highest BCUT2D eigenvalue weighted by molar-refractivity contribution is 6.38. The first-order chi connectivity index (χ1) is 9.16. The van der Waals surface area contributed by atoms with Gasteiger partial charge in [-0.3, -0.25) is 4.79 Å². The van der Waals surface area contributed by atoms with Gasteiger partial charge in [0.25, 0.3) is 5.78 Å². The molecule has 0 aromatic heterocycles. The van der Waals surface area contributed by atoms with E-state index in [-0.39, 0.29) is 0 Å². The lowest BCUT2D eigenvalue weighted by molar-refractivity contribution is -0.146. The molecule has 0 aliphatic carbocycles. The highest BCUT2D eigenvalue weighted by Gasteiger charge is 2.10. The standard InChI is InChI=1S/C14H15NO4/c16-13(14(17)18)6-3-11-1-4-12(5-2-11)15-7-9-19-10-8-15/h1-6H,7-10H2,(H,17,18). The number of hydrogen-bond acceptors (Lipinski definition) is 4. The molecule has 1 aliphatic rings. The first-order valence-corrected chi connectivity index (χ1v) is 6.05. The van der Waals surface area contributed by atoms with Crippen LogP contribution in [0.5, 0.6) is 0 Å². The Kier molecular flexibility index (Phi) is 4.30. The van der Waals surface area contributed by atoms with E-state index < -0.39 is 11.8 Å². The van der Waals surface area contributed by atoms with Crippen molar-refractivity contribution < 1.29 is 19.4 Å². The van der Waals surface area contributed by atoms with Gasteiger partial charge in [-0.05, 0) is 23.8 Å². The molecule has 1 N–H and O–H groups in total. The van der Waals surface area contributed by atoms with Crippen molar-refractivity contribution in [2.45, 2.75) is 0 Å². The maximum atomic E-state index is 10.9. The fourth-order valence-corrected chi connectivity index (χ4v) is 1.86. The number of carbonyl (C=O) groups excluding carboxylic acids is 1. The Morgan fingerprint density at radius 2 is 1.79 bits per heavy atom. The van der Waals surface area contributed by atoms with Crippen molar-refractivity contribution in [1.82, 2.24) is 0 Å². The van der Waals surface area contributed by atoms with Crippen LogP contribution in [0.1, 0.15) is 5.56 Å². The van der Waals surface area contributed by atoms with Crippen LogP contribution in [-0.4, -0.2) is 43.2 Å². The van der Waals surface area contributed by atoms with Crippen molar-refractivity contribution in [2.24, 2.45) is 0 Å². The smallest absolute Gasteiger partial charge is 0.376 e. The van der Waals surface area contributed by atoms with Crippen molar-refractivity contribution in [3.05, 3.63) is 35.9 Å². The predicted octanol–water partition coefficient (Wildman–Crippen LogP) is 1.19. The van der Waals surface area contributed by atoms with Crippen LogP contribution in [0.2, 0.25) is 0 Å². The lowest BCUT2D eigenvalue weighted by atomic mass is 10.1. The van der Waals surface area contributed by atoms with E-state index in [0.717, 1.165) is 43.6 Å². The molecular weight excluding hydrogens is 246 g/mol. The summed E-state index contributed by atoms with van der Waals surface area (Å²) in [4.78, 5) is 23.5. The summed E-state index contributed by atoms with van der Waals surface area (Å²) in [5.41, 5.74) is 1.90. The van der Waals surface area contributed by atoms with E-state index in [1.165, 1.54) is 6.08 Å². The molecule has 1 aromatic rings. The first-order valence-electron chi connectivity index (χ1n) is 6.05. The largest absolute Gasteiger partial charge is 0.475 e. The molecule has 0 spiro atoms. The highest BCUT2D eigenvalue weighted by Crippen LogP contribution is 2.17. The molecule has 19 heavy (non-hydrogen) atoms. The molecule has 0 unspecified atom stereocenters. The van der Waals surface area contributed by atoms with Crippen molar-refractivity contribution in [3.63, 3.8) is 0 Å². The van der Waals surface area contributed by atoms with E-state index in [0.29, 0.717) is 0 Å². The van der Waals surface area contributed by atoms with Gasteiger partial charge in [-0.2, -0.15) is 0 Å². The molecule has 1 heterocycles. The third-order valence-corrected chi connectivity index (χ3v) is 2.91. The molecule has 2 rings (SSSR count). The summed E-state index contributed by atoms with van der Waals surface area (Å²) in [6, 6.07) is 7.62. The van der Waals surface area contributed by atoms with Gasteiger partial charge in [0.1, 0.15) is 0 Å². The minimum absolute atomic E-state index is 0.731. The monoisotopic (exact) mass is 261 g/mol. The minimum Gasteiger partial charge on any atom is -0.475 e. The Morgan fingerprint density at radius 1 is 1.16 bits per heavy atom. The topological polar surface area (TPSA) is 66.8 Å². The highest BCUT2D eigenvalue weighted by atomic mass is 16.5. The number of anilines is 1. The second kappa shape index (κ2) is 6.15. The number of ketones is 1.